The number of amides is 1. The molecule has 24 heavy (non-hydrogen) atoms. The molecule has 1 atom stereocenters. The van der Waals surface area contributed by atoms with Crippen LogP contribution >= 0.6 is 0 Å². The highest BCUT2D eigenvalue weighted by molar-refractivity contribution is 5.68. The van der Waals surface area contributed by atoms with E-state index in [4.69, 9.17) is 14.7 Å². The summed E-state index contributed by atoms with van der Waals surface area (Å²) in [6.07, 6.45) is 1.52. The number of benzene rings is 1. The predicted octanol–water partition coefficient (Wildman–Crippen LogP) is 3.72. The van der Waals surface area contributed by atoms with Crippen molar-refractivity contribution in [2.24, 2.45) is 5.92 Å². The van der Waals surface area contributed by atoms with Crippen molar-refractivity contribution in [3.05, 3.63) is 29.6 Å². The Morgan fingerprint density at radius 2 is 2.21 bits per heavy atom. The van der Waals surface area contributed by atoms with Crippen LogP contribution in [0.25, 0.3) is 0 Å². The standard InChI is InChI=1S/C18H23FN2O3/c1-18(2,3)24-17(22)21-8-4-5-13(11-21)12-23-15-7-6-14(10-20)16(19)9-15/h6-7,9,13H,4-5,8,11-12H2,1-3H3/t13-/m1/s1. The molecule has 5 nitrogen and oxygen atoms in total. The fraction of sp³-hybridized carbons (Fsp3) is 0.556. The van der Waals surface area contributed by atoms with Crippen LogP contribution in [0.2, 0.25) is 0 Å². The van der Waals surface area contributed by atoms with Crippen LogP contribution in [0.1, 0.15) is 39.2 Å². The van der Waals surface area contributed by atoms with Gasteiger partial charge in [0.05, 0.1) is 12.2 Å². The van der Waals surface area contributed by atoms with Gasteiger partial charge < -0.3 is 14.4 Å². The summed E-state index contributed by atoms with van der Waals surface area (Å²) >= 11 is 0. The summed E-state index contributed by atoms with van der Waals surface area (Å²) in [7, 11) is 0. The third-order valence-corrected chi connectivity index (χ3v) is 3.72. The van der Waals surface area contributed by atoms with Gasteiger partial charge in [0, 0.05) is 25.1 Å². The smallest absolute Gasteiger partial charge is 0.410 e. The number of rotatable bonds is 3. The molecule has 1 heterocycles. The summed E-state index contributed by atoms with van der Waals surface area (Å²) in [5.41, 5.74) is -0.517. The number of halogens is 1. The average molecular weight is 334 g/mol. The number of hydrogen-bond donors (Lipinski definition) is 0. The van der Waals surface area contributed by atoms with E-state index in [0.717, 1.165) is 12.8 Å². The van der Waals surface area contributed by atoms with Crippen LogP contribution in [0.4, 0.5) is 9.18 Å². The van der Waals surface area contributed by atoms with Crippen LogP contribution in [0.15, 0.2) is 18.2 Å². The van der Waals surface area contributed by atoms with Crippen molar-refractivity contribution < 1.29 is 18.7 Å². The molecule has 1 aliphatic rings. The van der Waals surface area contributed by atoms with Crippen LogP contribution in [-0.2, 0) is 4.74 Å². The highest BCUT2D eigenvalue weighted by Crippen LogP contribution is 2.22. The zero-order valence-corrected chi connectivity index (χ0v) is 14.3. The minimum Gasteiger partial charge on any atom is -0.493 e. The van der Waals surface area contributed by atoms with Crippen LogP contribution in [0.3, 0.4) is 0 Å². The quantitative estimate of drug-likeness (QED) is 0.845. The Hall–Kier alpha value is -2.29. The Morgan fingerprint density at radius 1 is 1.46 bits per heavy atom. The maximum atomic E-state index is 13.6. The first kappa shape index (κ1) is 18.1. The Morgan fingerprint density at radius 3 is 2.83 bits per heavy atom. The molecule has 6 heteroatoms. The summed E-state index contributed by atoms with van der Waals surface area (Å²) in [4.78, 5) is 13.8. The Bertz CT molecular complexity index is 634. The van der Waals surface area contributed by atoms with Crippen molar-refractivity contribution in [1.29, 1.82) is 5.26 Å². The van der Waals surface area contributed by atoms with Crippen LogP contribution in [0.5, 0.6) is 5.75 Å². The van der Waals surface area contributed by atoms with Crippen molar-refractivity contribution in [3.8, 4) is 11.8 Å². The zero-order valence-electron chi connectivity index (χ0n) is 14.3. The number of hydrogen-bond acceptors (Lipinski definition) is 4. The molecule has 0 aromatic heterocycles. The summed E-state index contributed by atoms with van der Waals surface area (Å²) < 4.78 is 24.6. The first-order chi connectivity index (χ1) is 11.3. The molecule has 0 aliphatic carbocycles. The Balaban J connectivity index is 1.88. The highest BCUT2D eigenvalue weighted by Gasteiger charge is 2.27. The minimum absolute atomic E-state index is 0.00360. The molecule has 0 unspecified atom stereocenters. The number of ether oxygens (including phenoxy) is 2. The molecule has 2 rings (SSSR count). The minimum atomic E-state index is -0.589. The lowest BCUT2D eigenvalue weighted by molar-refractivity contribution is 0.0139. The third-order valence-electron chi connectivity index (χ3n) is 3.72. The first-order valence-electron chi connectivity index (χ1n) is 8.09. The molecule has 0 saturated carbocycles. The molecule has 1 amide bonds. The molecule has 0 radical (unpaired) electrons. The van der Waals surface area contributed by atoms with E-state index in [1.165, 1.54) is 12.1 Å². The molecular weight excluding hydrogens is 311 g/mol. The highest BCUT2D eigenvalue weighted by atomic mass is 19.1. The van der Waals surface area contributed by atoms with E-state index in [2.05, 4.69) is 0 Å². The summed E-state index contributed by atoms with van der Waals surface area (Å²) in [6, 6.07) is 5.97. The number of piperidine rings is 1. The van der Waals surface area contributed by atoms with E-state index in [1.807, 2.05) is 20.8 Å². The topological polar surface area (TPSA) is 62.6 Å². The second-order valence-electron chi connectivity index (χ2n) is 7.00. The molecule has 130 valence electrons. The van der Waals surface area contributed by atoms with Gasteiger partial charge in [0.25, 0.3) is 0 Å². The molecule has 1 aromatic rings. The van der Waals surface area contributed by atoms with Gasteiger partial charge in [-0.05, 0) is 45.7 Å². The fourth-order valence-electron chi connectivity index (χ4n) is 2.58. The van der Waals surface area contributed by atoms with Crippen molar-refractivity contribution in [2.45, 2.75) is 39.2 Å². The predicted molar refractivity (Wildman–Crippen MR) is 87.1 cm³/mol. The third kappa shape index (κ3) is 5.12. The number of nitrogens with zero attached hydrogens (tertiary/aromatic N) is 2. The molecular formula is C18H23FN2O3. The lowest BCUT2D eigenvalue weighted by Crippen LogP contribution is -2.44. The maximum Gasteiger partial charge on any atom is 0.410 e. The number of carbonyl (C=O) groups excluding carboxylic acids is 1. The van der Waals surface area contributed by atoms with Gasteiger partial charge >= 0.3 is 6.09 Å². The van der Waals surface area contributed by atoms with Gasteiger partial charge in [0.2, 0.25) is 0 Å². The van der Waals surface area contributed by atoms with E-state index >= 15 is 0 Å². The molecule has 0 bridgehead atoms. The number of carbonyl (C=O) groups is 1. The average Bonchev–Trinajstić information content (AvgIpc) is 2.52. The van der Waals surface area contributed by atoms with Gasteiger partial charge in [0.15, 0.2) is 0 Å². The van der Waals surface area contributed by atoms with Gasteiger partial charge in [-0.15, -0.1) is 0 Å². The molecule has 1 fully saturated rings. The van der Waals surface area contributed by atoms with E-state index in [-0.39, 0.29) is 17.6 Å². The van der Waals surface area contributed by atoms with E-state index in [1.54, 1.807) is 17.0 Å². The molecule has 1 aliphatic heterocycles. The molecule has 1 aromatic carbocycles. The molecule has 0 spiro atoms. The summed E-state index contributed by atoms with van der Waals surface area (Å²) in [5.74, 6) is -0.0279. The van der Waals surface area contributed by atoms with E-state index < -0.39 is 11.4 Å². The van der Waals surface area contributed by atoms with Crippen molar-refractivity contribution in [1.82, 2.24) is 4.90 Å². The zero-order chi connectivity index (χ0) is 17.7. The first-order valence-corrected chi connectivity index (χ1v) is 8.09. The van der Waals surface area contributed by atoms with Crippen molar-refractivity contribution in [3.63, 3.8) is 0 Å². The molecule has 1 saturated heterocycles. The Labute approximate surface area is 142 Å². The maximum absolute atomic E-state index is 13.6. The lowest BCUT2D eigenvalue weighted by Gasteiger charge is -2.34. The number of likely N-dealkylation sites (tertiary alicyclic amines) is 1. The van der Waals surface area contributed by atoms with Gasteiger partial charge in [-0.2, -0.15) is 5.26 Å². The van der Waals surface area contributed by atoms with Crippen molar-refractivity contribution >= 4 is 6.09 Å². The largest absolute Gasteiger partial charge is 0.493 e. The molecule has 0 N–H and O–H groups in total. The Kier molecular flexibility index (Phi) is 5.66. The van der Waals surface area contributed by atoms with E-state index in [9.17, 15) is 9.18 Å². The van der Waals surface area contributed by atoms with E-state index in [0.29, 0.717) is 25.4 Å². The normalized spacial score (nSPS) is 18.0. The number of nitriles is 1. The second kappa shape index (κ2) is 7.52. The van der Waals surface area contributed by atoms with Gasteiger partial charge in [-0.1, -0.05) is 0 Å². The van der Waals surface area contributed by atoms with Gasteiger partial charge in [-0.3, -0.25) is 0 Å². The summed E-state index contributed by atoms with van der Waals surface area (Å²) in [5, 5.41) is 8.72. The second-order valence-corrected chi connectivity index (χ2v) is 7.00. The van der Waals surface area contributed by atoms with Gasteiger partial charge in [-0.25, -0.2) is 9.18 Å². The van der Waals surface area contributed by atoms with Gasteiger partial charge in [0.1, 0.15) is 23.2 Å². The fourth-order valence-corrected chi connectivity index (χ4v) is 2.58. The van der Waals surface area contributed by atoms with Crippen LogP contribution in [0, 0.1) is 23.1 Å². The van der Waals surface area contributed by atoms with Crippen molar-refractivity contribution in [2.75, 3.05) is 19.7 Å². The van der Waals surface area contributed by atoms with Crippen LogP contribution < -0.4 is 4.74 Å². The monoisotopic (exact) mass is 334 g/mol. The lowest BCUT2D eigenvalue weighted by atomic mass is 9.99. The van der Waals surface area contributed by atoms with Crippen LogP contribution in [-0.4, -0.2) is 36.3 Å². The summed E-state index contributed by atoms with van der Waals surface area (Å²) in [6.45, 7) is 7.16. The SMILES string of the molecule is CC(C)(C)OC(=O)N1CCC[C@@H](COc2ccc(C#N)c(F)c2)C1.